The lowest BCUT2D eigenvalue weighted by Crippen LogP contribution is -2.41. The highest BCUT2D eigenvalue weighted by Crippen LogP contribution is 2.18. The first-order valence-electron chi connectivity index (χ1n) is 6.73. The van der Waals surface area contributed by atoms with Crippen molar-refractivity contribution in [1.82, 2.24) is 5.32 Å². The number of furan rings is 1. The summed E-state index contributed by atoms with van der Waals surface area (Å²) in [6.45, 7) is -1.56. The Morgan fingerprint density at radius 3 is 2.54 bits per heavy atom. The first-order chi connectivity index (χ1) is 10.9. The van der Waals surface area contributed by atoms with Gasteiger partial charge in [0.2, 0.25) is 0 Å². The fourth-order valence-corrected chi connectivity index (χ4v) is 1.90. The zero-order chi connectivity index (χ0) is 16.9. The number of rotatable bonds is 7. The van der Waals surface area contributed by atoms with Crippen LogP contribution in [0.4, 0.5) is 8.78 Å². The Morgan fingerprint density at radius 2 is 1.92 bits per heavy atom. The summed E-state index contributed by atoms with van der Waals surface area (Å²) in [4.78, 5) is 11.7. The van der Waals surface area contributed by atoms with Gasteiger partial charge in [-0.2, -0.15) is 0 Å². The van der Waals surface area contributed by atoms with Gasteiger partial charge in [-0.05, 0) is 36.4 Å². The van der Waals surface area contributed by atoms with Crippen molar-refractivity contribution in [3.8, 4) is 5.75 Å². The van der Waals surface area contributed by atoms with Gasteiger partial charge in [0, 0.05) is 4.47 Å². The molecule has 2 aromatic rings. The van der Waals surface area contributed by atoms with Gasteiger partial charge in [0.25, 0.3) is 11.8 Å². The summed E-state index contributed by atoms with van der Waals surface area (Å²) in [5.74, 6) is -2.89. The molecule has 0 saturated carbocycles. The molecule has 1 aromatic heterocycles. The van der Waals surface area contributed by atoms with Gasteiger partial charge in [-0.1, -0.05) is 15.9 Å². The monoisotopic (exact) mass is 424 g/mol. The third-order valence-electron chi connectivity index (χ3n) is 2.89. The maximum atomic E-state index is 13.0. The molecule has 0 fully saturated rings. The molecule has 3 N–H and O–H groups in total. The minimum Gasteiger partial charge on any atom is -0.486 e. The van der Waals surface area contributed by atoms with Gasteiger partial charge in [-0.25, -0.2) is 8.78 Å². The molecule has 0 spiro atoms. The predicted octanol–water partition coefficient (Wildman–Crippen LogP) is 3.37. The Morgan fingerprint density at radius 1 is 1.25 bits per heavy atom. The Kier molecular flexibility index (Phi) is 7.65. The van der Waals surface area contributed by atoms with Crippen LogP contribution in [0.3, 0.4) is 0 Å². The van der Waals surface area contributed by atoms with Crippen LogP contribution in [0.1, 0.15) is 16.3 Å². The summed E-state index contributed by atoms with van der Waals surface area (Å²) in [6, 6.07) is 10.2. The molecule has 0 saturated heterocycles. The summed E-state index contributed by atoms with van der Waals surface area (Å²) >= 11 is 3.31. The highest BCUT2D eigenvalue weighted by molar-refractivity contribution is 9.10. The van der Waals surface area contributed by atoms with E-state index in [2.05, 4.69) is 21.2 Å². The Balaban J connectivity index is 0.00000288. The Bertz CT molecular complexity index is 665. The van der Waals surface area contributed by atoms with Crippen molar-refractivity contribution in [2.24, 2.45) is 5.73 Å². The van der Waals surface area contributed by atoms with Crippen LogP contribution in [0.15, 0.2) is 45.3 Å². The summed E-state index contributed by atoms with van der Waals surface area (Å²) < 4.78 is 37.6. The van der Waals surface area contributed by atoms with Crippen LogP contribution in [0.2, 0.25) is 0 Å². The van der Waals surface area contributed by atoms with E-state index in [9.17, 15) is 13.6 Å². The van der Waals surface area contributed by atoms with E-state index in [0.29, 0.717) is 11.5 Å². The number of nitrogens with two attached hydrogens (primary N) is 1. The molecule has 0 bridgehead atoms. The van der Waals surface area contributed by atoms with Crippen LogP contribution in [0, 0.1) is 0 Å². The number of carbonyl (C=O) groups is 1. The van der Waals surface area contributed by atoms with Crippen molar-refractivity contribution in [3.05, 3.63) is 52.4 Å². The molecule has 24 heavy (non-hydrogen) atoms. The second-order valence-electron chi connectivity index (χ2n) is 4.75. The van der Waals surface area contributed by atoms with Gasteiger partial charge in [-0.15, -0.1) is 12.4 Å². The molecule has 0 unspecified atom stereocenters. The number of halogens is 4. The van der Waals surface area contributed by atoms with Crippen LogP contribution < -0.4 is 15.8 Å². The number of alkyl halides is 2. The SMILES string of the molecule is Cl.NCC(F)(F)CNC(=O)c1ccc(COc2ccc(Br)cc2)o1. The van der Waals surface area contributed by atoms with Crippen molar-refractivity contribution in [2.45, 2.75) is 12.5 Å². The summed E-state index contributed by atoms with van der Waals surface area (Å²) in [5, 5.41) is 2.07. The molecular formula is C15H16BrClF2N2O3. The highest BCUT2D eigenvalue weighted by Gasteiger charge is 2.27. The molecule has 0 radical (unpaired) electrons. The Hall–Kier alpha value is -1.64. The van der Waals surface area contributed by atoms with Crippen LogP contribution in [-0.2, 0) is 6.61 Å². The van der Waals surface area contributed by atoms with Gasteiger partial charge in [0.15, 0.2) is 5.76 Å². The van der Waals surface area contributed by atoms with E-state index in [4.69, 9.17) is 14.9 Å². The first kappa shape index (κ1) is 20.4. The fraction of sp³-hybridized carbons (Fsp3) is 0.267. The minimum absolute atomic E-state index is 0. The van der Waals surface area contributed by atoms with Crippen molar-refractivity contribution in [1.29, 1.82) is 0 Å². The summed E-state index contributed by atoms with van der Waals surface area (Å²) in [5.41, 5.74) is 4.90. The smallest absolute Gasteiger partial charge is 0.287 e. The van der Waals surface area contributed by atoms with E-state index in [-0.39, 0.29) is 24.8 Å². The predicted molar refractivity (Wildman–Crippen MR) is 90.8 cm³/mol. The molecule has 1 aromatic carbocycles. The van der Waals surface area contributed by atoms with Crippen molar-refractivity contribution in [2.75, 3.05) is 13.1 Å². The largest absolute Gasteiger partial charge is 0.486 e. The van der Waals surface area contributed by atoms with E-state index in [1.165, 1.54) is 6.07 Å². The highest BCUT2D eigenvalue weighted by atomic mass is 79.9. The van der Waals surface area contributed by atoms with E-state index in [1.807, 2.05) is 12.1 Å². The lowest BCUT2D eigenvalue weighted by atomic mass is 10.3. The van der Waals surface area contributed by atoms with Gasteiger partial charge >= 0.3 is 0 Å². The topological polar surface area (TPSA) is 77.5 Å². The van der Waals surface area contributed by atoms with Gasteiger partial charge in [0.1, 0.15) is 18.1 Å². The van der Waals surface area contributed by atoms with Gasteiger partial charge < -0.3 is 20.2 Å². The summed E-state index contributed by atoms with van der Waals surface area (Å²) in [6.07, 6.45) is 0. The Labute approximate surface area is 152 Å². The normalized spacial score (nSPS) is 10.8. The number of hydrogen-bond donors (Lipinski definition) is 2. The fourth-order valence-electron chi connectivity index (χ4n) is 1.63. The lowest BCUT2D eigenvalue weighted by Gasteiger charge is -2.13. The van der Waals surface area contributed by atoms with Gasteiger partial charge in [0.05, 0.1) is 13.1 Å². The molecule has 1 heterocycles. The molecule has 2 rings (SSSR count). The molecule has 9 heteroatoms. The molecule has 0 atom stereocenters. The van der Waals surface area contributed by atoms with E-state index in [0.717, 1.165) is 4.47 Å². The number of nitrogens with one attached hydrogen (secondary N) is 1. The second-order valence-corrected chi connectivity index (χ2v) is 5.67. The average molecular weight is 426 g/mol. The number of hydrogen-bond acceptors (Lipinski definition) is 4. The van der Waals surface area contributed by atoms with Crippen molar-refractivity contribution >= 4 is 34.2 Å². The minimum atomic E-state index is -3.14. The maximum Gasteiger partial charge on any atom is 0.287 e. The average Bonchev–Trinajstić information content (AvgIpc) is 3.01. The molecule has 0 aliphatic heterocycles. The van der Waals surface area contributed by atoms with Crippen molar-refractivity contribution < 1.29 is 22.7 Å². The lowest BCUT2D eigenvalue weighted by molar-refractivity contribution is 0.0115. The molecular weight excluding hydrogens is 410 g/mol. The number of carbonyl (C=O) groups excluding carboxylic acids is 1. The molecule has 5 nitrogen and oxygen atoms in total. The molecule has 0 aliphatic rings. The quantitative estimate of drug-likeness (QED) is 0.713. The number of amides is 1. The standard InChI is InChI=1S/C15H15BrF2N2O3.ClH/c16-10-1-3-11(4-2-10)22-7-12-5-6-13(23-12)14(21)20-9-15(17,18)8-19;/h1-6H,7-9,19H2,(H,20,21);1H. The van der Waals surface area contributed by atoms with Gasteiger partial charge in [-0.3, -0.25) is 4.79 Å². The zero-order valence-electron chi connectivity index (χ0n) is 12.4. The van der Waals surface area contributed by atoms with E-state index >= 15 is 0 Å². The van der Waals surface area contributed by atoms with Crippen LogP contribution >= 0.6 is 28.3 Å². The molecule has 0 aliphatic carbocycles. The van der Waals surface area contributed by atoms with E-state index < -0.39 is 24.9 Å². The van der Waals surface area contributed by atoms with Crippen LogP contribution in [-0.4, -0.2) is 24.9 Å². The van der Waals surface area contributed by atoms with E-state index in [1.54, 1.807) is 18.2 Å². The third-order valence-corrected chi connectivity index (χ3v) is 3.42. The number of benzene rings is 1. The third kappa shape index (κ3) is 6.10. The summed E-state index contributed by atoms with van der Waals surface area (Å²) in [7, 11) is 0. The first-order valence-corrected chi connectivity index (χ1v) is 7.52. The maximum absolute atomic E-state index is 13.0. The molecule has 132 valence electrons. The molecule has 1 amide bonds. The number of ether oxygens (including phenoxy) is 1. The zero-order valence-corrected chi connectivity index (χ0v) is 14.8. The van der Waals surface area contributed by atoms with Crippen molar-refractivity contribution in [3.63, 3.8) is 0 Å². The van der Waals surface area contributed by atoms with Crippen LogP contribution in [0.25, 0.3) is 0 Å². The van der Waals surface area contributed by atoms with Crippen LogP contribution in [0.5, 0.6) is 5.75 Å². The second kappa shape index (κ2) is 9.00.